The van der Waals surface area contributed by atoms with E-state index in [1.807, 2.05) is 32.3 Å². The number of nitrogens with two attached hydrogens (primary N) is 1. The number of hydrogen-bond donors (Lipinski definition) is 1. The minimum atomic E-state index is 0.313. The van der Waals surface area contributed by atoms with E-state index in [0.717, 1.165) is 11.4 Å². The molecule has 106 valence electrons. The second kappa shape index (κ2) is 6.78. The lowest BCUT2D eigenvalue weighted by Gasteiger charge is -2.19. The molecule has 0 bridgehead atoms. The maximum atomic E-state index is 6.05. The number of benzene rings is 2. The van der Waals surface area contributed by atoms with Gasteiger partial charge in [-0.15, -0.1) is 0 Å². The number of halogens is 1. The topological polar surface area (TPSA) is 29.3 Å². The van der Waals surface area contributed by atoms with Crippen molar-refractivity contribution in [1.82, 2.24) is 0 Å². The summed E-state index contributed by atoms with van der Waals surface area (Å²) in [7, 11) is 4.10. The second-order valence-electron chi connectivity index (χ2n) is 5.26. The lowest BCUT2D eigenvalue weighted by molar-refractivity contribution is 0.694. The molecule has 0 saturated carbocycles. The highest BCUT2D eigenvalue weighted by Crippen LogP contribution is 2.24. The zero-order valence-electron chi connectivity index (χ0n) is 12.0. The van der Waals surface area contributed by atoms with E-state index in [0.29, 0.717) is 12.5 Å². The minimum absolute atomic E-state index is 0.313. The van der Waals surface area contributed by atoms with E-state index in [1.54, 1.807) is 0 Å². The summed E-state index contributed by atoms with van der Waals surface area (Å²) in [6, 6.07) is 16.6. The number of anilines is 1. The maximum absolute atomic E-state index is 6.05. The Morgan fingerprint density at radius 1 is 1.10 bits per heavy atom. The van der Waals surface area contributed by atoms with Crippen molar-refractivity contribution >= 4 is 17.3 Å². The molecule has 0 amide bonds. The summed E-state index contributed by atoms with van der Waals surface area (Å²) in [5.41, 5.74) is 9.67. The molecule has 0 aromatic heterocycles. The Morgan fingerprint density at radius 2 is 1.85 bits per heavy atom. The Bertz CT molecular complexity index is 566. The summed E-state index contributed by atoms with van der Waals surface area (Å²) in [4.78, 5) is 2.11. The van der Waals surface area contributed by atoms with Gasteiger partial charge >= 0.3 is 0 Å². The highest BCUT2D eigenvalue weighted by atomic mass is 35.5. The van der Waals surface area contributed by atoms with Crippen LogP contribution in [0.25, 0.3) is 0 Å². The third kappa shape index (κ3) is 3.75. The molecule has 0 aliphatic heterocycles. The first kappa shape index (κ1) is 14.9. The molecule has 3 heteroatoms. The van der Waals surface area contributed by atoms with Gasteiger partial charge in [0.25, 0.3) is 0 Å². The molecule has 0 fully saturated rings. The first-order valence-electron chi connectivity index (χ1n) is 6.82. The molecule has 0 saturated heterocycles. The van der Waals surface area contributed by atoms with Gasteiger partial charge in [0.05, 0.1) is 0 Å². The van der Waals surface area contributed by atoms with Crippen LogP contribution in [-0.2, 0) is 6.42 Å². The fourth-order valence-electron chi connectivity index (χ4n) is 2.34. The summed E-state index contributed by atoms with van der Waals surface area (Å²) in [5.74, 6) is 0.313. The van der Waals surface area contributed by atoms with Crippen LogP contribution in [0.4, 0.5) is 5.69 Å². The molecular formula is C17H21ClN2. The van der Waals surface area contributed by atoms with Gasteiger partial charge in [-0.3, -0.25) is 0 Å². The van der Waals surface area contributed by atoms with Crippen LogP contribution in [0.1, 0.15) is 17.0 Å². The molecule has 1 atom stereocenters. The maximum Gasteiger partial charge on any atom is 0.0408 e. The van der Waals surface area contributed by atoms with Crippen molar-refractivity contribution in [2.75, 3.05) is 25.5 Å². The molecule has 0 aliphatic rings. The largest absolute Gasteiger partial charge is 0.378 e. The highest BCUT2D eigenvalue weighted by molar-refractivity contribution is 6.30. The second-order valence-corrected chi connectivity index (χ2v) is 5.69. The summed E-state index contributed by atoms with van der Waals surface area (Å²) in [6.45, 7) is 0.628. The normalized spacial score (nSPS) is 12.2. The van der Waals surface area contributed by atoms with Gasteiger partial charge in [0.1, 0.15) is 0 Å². The lowest BCUT2D eigenvalue weighted by Crippen LogP contribution is -2.16. The van der Waals surface area contributed by atoms with Crippen LogP contribution in [0.5, 0.6) is 0 Å². The highest BCUT2D eigenvalue weighted by Gasteiger charge is 2.12. The first-order valence-corrected chi connectivity index (χ1v) is 7.19. The molecule has 2 nitrogen and oxygen atoms in total. The van der Waals surface area contributed by atoms with Crippen molar-refractivity contribution in [3.05, 3.63) is 64.7 Å². The van der Waals surface area contributed by atoms with Gasteiger partial charge in [-0.05, 0) is 48.4 Å². The van der Waals surface area contributed by atoms with Gasteiger partial charge in [0.15, 0.2) is 0 Å². The quantitative estimate of drug-likeness (QED) is 0.909. The van der Waals surface area contributed by atoms with Crippen LogP contribution in [0.15, 0.2) is 48.5 Å². The van der Waals surface area contributed by atoms with E-state index >= 15 is 0 Å². The van der Waals surface area contributed by atoms with Crippen molar-refractivity contribution < 1.29 is 0 Å². The molecule has 1 unspecified atom stereocenters. The predicted octanol–water partition coefficient (Wildman–Crippen LogP) is 3.69. The first-order chi connectivity index (χ1) is 9.60. The van der Waals surface area contributed by atoms with Crippen molar-refractivity contribution in [3.63, 3.8) is 0 Å². The Labute approximate surface area is 126 Å². The average molecular weight is 289 g/mol. The Hall–Kier alpha value is -1.51. The zero-order chi connectivity index (χ0) is 14.5. The van der Waals surface area contributed by atoms with Crippen molar-refractivity contribution in [2.24, 2.45) is 5.73 Å². The summed E-state index contributed by atoms with van der Waals surface area (Å²) in [5, 5.41) is 0.778. The predicted molar refractivity (Wildman–Crippen MR) is 87.7 cm³/mol. The van der Waals surface area contributed by atoms with Crippen LogP contribution < -0.4 is 10.6 Å². The number of nitrogens with zero attached hydrogens (tertiary/aromatic N) is 1. The Balaban J connectivity index is 2.22. The molecule has 2 N–H and O–H groups in total. The zero-order valence-corrected chi connectivity index (χ0v) is 12.8. The average Bonchev–Trinajstić information content (AvgIpc) is 2.45. The number of hydrogen-bond acceptors (Lipinski definition) is 2. The fourth-order valence-corrected chi connectivity index (χ4v) is 2.56. The molecule has 2 rings (SSSR count). The molecule has 0 aliphatic carbocycles. The monoisotopic (exact) mass is 288 g/mol. The summed E-state index contributed by atoms with van der Waals surface area (Å²) < 4.78 is 0. The molecule has 0 spiro atoms. The van der Waals surface area contributed by atoms with Crippen molar-refractivity contribution in [3.8, 4) is 0 Å². The van der Waals surface area contributed by atoms with E-state index in [1.165, 1.54) is 16.8 Å². The molecule has 2 aromatic rings. The van der Waals surface area contributed by atoms with Crippen LogP contribution in [0.2, 0.25) is 5.02 Å². The molecule has 2 aromatic carbocycles. The van der Waals surface area contributed by atoms with Gasteiger partial charge in [-0.25, -0.2) is 0 Å². The summed E-state index contributed by atoms with van der Waals surface area (Å²) in [6.07, 6.45) is 0.911. The Morgan fingerprint density at radius 3 is 2.50 bits per heavy atom. The van der Waals surface area contributed by atoms with Gasteiger partial charge in [0, 0.05) is 30.7 Å². The molecular weight excluding hydrogens is 268 g/mol. The van der Waals surface area contributed by atoms with Crippen LogP contribution >= 0.6 is 11.6 Å². The van der Waals surface area contributed by atoms with Gasteiger partial charge < -0.3 is 10.6 Å². The standard InChI is InChI=1S/C17H21ClN2/c1-20(2)17-8-4-6-14(11-17)15(12-19)9-13-5-3-7-16(18)10-13/h3-8,10-11,15H,9,12,19H2,1-2H3. The SMILES string of the molecule is CN(C)c1cccc(C(CN)Cc2cccc(Cl)c2)c1. The fraction of sp³-hybridized carbons (Fsp3) is 0.294. The molecule has 20 heavy (non-hydrogen) atoms. The van der Waals surface area contributed by atoms with E-state index in [-0.39, 0.29) is 0 Å². The van der Waals surface area contributed by atoms with Crippen molar-refractivity contribution in [1.29, 1.82) is 0 Å². The van der Waals surface area contributed by atoms with Crippen LogP contribution in [-0.4, -0.2) is 20.6 Å². The van der Waals surface area contributed by atoms with Gasteiger partial charge in [-0.1, -0.05) is 35.9 Å². The van der Waals surface area contributed by atoms with E-state index in [4.69, 9.17) is 17.3 Å². The Kier molecular flexibility index (Phi) is 5.05. The lowest BCUT2D eigenvalue weighted by atomic mass is 9.92. The molecule has 0 radical (unpaired) electrons. The smallest absolute Gasteiger partial charge is 0.0408 e. The third-order valence-electron chi connectivity index (χ3n) is 3.51. The van der Waals surface area contributed by atoms with Gasteiger partial charge in [0.2, 0.25) is 0 Å². The summed E-state index contributed by atoms with van der Waals surface area (Å²) >= 11 is 6.05. The van der Waals surface area contributed by atoms with E-state index in [9.17, 15) is 0 Å². The van der Waals surface area contributed by atoms with E-state index < -0.39 is 0 Å². The van der Waals surface area contributed by atoms with Crippen LogP contribution in [0.3, 0.4) is 0 Å². The third-order valence-corrected chi connectivity index (χ3v) is 3.75. The van der Waals surface area contributed by atoms with Crippen molar-refractivity contribution in [2.45, 2.75) is 12.3 Å². The van der Waals surface area contributed by atoms with Crippen LogP contribution in [0, 0.1) is 0 Å². The van der Waals surface area contributed by atoms with E-state index in [2.05, 4.69) is 35.2 Å². The number of rotatable bonds is 5. The minimum Gasteiger partial charge on any atom is -0.378 e. The van der Waals surface area contributed by atoms with Gasteiger partial charge in [-0.2, -0.15) is 0 Å². The molecule has 0 heterocycles.